The van der Waals surface area contributed by atoms with E-state index in [0.717, 1.165) is 6.92 Å². The van der Waals surface area contributed by atoms with E-state index in [1.165, 1.54) is 0 Å². The lowest BCUT2D eigenvalue weighted by molar-refractivity contribution is 0.00926. The first-order valence-electron chi connectivity index (χ1n) is 4.28. The van der Waals surface area contributed by atoms with E-state index in [-0.39, 0.29) is 0 Å². The van der Waals surface area contributed by atoms with Crippen LogP contribution in [0.15, 0.2) is 0 Å². The SMILES string of the molecule is CC(F)C(F)C(F)F.FCCC(F)C(F)F. The Morgan fingerprint density at radius 3 is 1.31 bits per heavy atom. The maximum atomic E-state index is 11.5. The summed E-state index contributed by atoms with van der Waals surface area (Å²) in [5.74, 6) is 0. The average molecular weight is 260 g/mol. The molecule has 0 heterocycles. The molecule has 0 aromatic carbocycles. The van der Waals surface area contributed by atoms with E-state index in [4.69, 9.17) is 0 Å². The summed E-state index contributed by atoms with van der Waals surface area (Å²) in [5.41, 5.74) is 0. The van der Waals surface area contributed by atoms with Crippen LogP contribution in [0, 0.1) is 0 Å². The van der Waals surface area contributed by atoms with Gasteiger partial charge in [-0.3, -0.25) is 4.39 Å². The molecule has 0 aromatic rings. The van der Waals surface area contributed by atoms with Gasteiger partial charge >= 0.3 is 0 Å². The second-order valence-corrected chi connectivity index (χ2v) is 2.78. The van der Waals surface area contributed by atoms with Crippen LogP contribution in [-0.2, 0) is 0 Å². The summed E-state index contributed by atoms with van der Waals surface area (Å²) >= 11 is 0. The largest absolute Gasteiger partial charge is 0.272 e. The van der Waals surface area contributed by atoms with Crippen molar-refractivity contribution in [3.63, 3.8) is 0 Å². The number of alkyl halides is 8. The van der Waals surface area contributed by atoms with Crippen LogP contribution in [0.25, 0.3) is 0 Å². The van der Waals surface area contributed by atoms with Gasteiger partial charge in [0.25, 0.3) is 12.9 Å². The highest BCUT2D eigenvalue weighted by molar-refractivity contribution is 4.64. The lowest BCUT2D eigenvalue weighted by atomic mass is 10.3. The Morgan fingerprint density at radius 2 is 1.25 bits per heavy atom. The Kier molecular flexibility index (Phi) is 10.8. The molecule has 3 unspecified atom stereocenters. The van der Waals surface area contributed by atoms with Gasteiger partial charge in [-0.25, -0.2) is 30.7 Å². The van der Waals surface area contributed by atoms with Gasteiger partial charge in [0.1, 0.15) is 6.17 Å². The third-order valence-corrected chi connectivity index (χ3v) is 1.34. The summed E-state index contributed by atoms with van der Waals surface area (Å²) in [6.07, 6.45) is -13.9. The highest BCUT2D eigenvalue weighted by atomic mass is 19.3. The first kappa shape index (κ1) is 17.8. The molecule has 0 nitrogen and oxygen atoms in total. The number of hydrogen-bond acceptors (Lipinski definition) is 0. The van der Waals surface area contributed by atoms with Crippen LogP contribution >= 0.6 is 0 Å². The molecule has 0 spiro atoms. The third kappa shape index (κ3) is 9.97. The second-order valence-electron chi connectivity index (χ2n) is 2.78. The lowest BCUT2D eigenvalue weighted by Gasteiger charge is -2.05. The predicted molar refractivity (Wildman–Crippen MR) is 43.0 cm³/mol. The molecule has 0 bridgehead atoms. The Bertz CT molecular complexity index is 141. The molecule has 0 aromatic heterocycles. The quantitative estimate of drug-likeness (QED) is 0.658. The van der Waals surface area contributed by atoms with Gasteiger partial charge in [0.05, 0.1) is 6.67 Å². The molecule has 0 aliphatic carbocycles. The molecule has 0 amide bonds. The van der Waals surface area contributed by atoms with Crippen molar-refractivity contribution in [1.82, 2.24) is 0 Å². The fraction of sp³-hybridized carbons (Fsp3) is 1.00. The summed E-state index contributed by atoms with van der Waals surface area (Å²) in [4.78, 5) is 0. The summed E-state index contributed by atoms with van der Waals surface area (Å²) in [6, 6.07) is 0. The topological polar surface area (TPSA) is 0 Å². The average Bonchev–Trinajstić information content (AvgIpc) is 2.17. The first-order valence-corrected chi connectivity index (χ1v) is 4.28. The van der Waals surface area contributed by atoms with Gasteiger partial charge in [0.2, 0.25) is 0 Å². The van der Waals surface area contributed by atoms with E-state index >= 15 is 0 Å². The van der Waals surface area contributed by atoms with E-state index in [1.54, 1.807) is 0 Å². The fourth-order valence-corrected chi connectivity index (χ4v) is 0.431. The molecule has 0 aliphatic rings. The lowest BCUT2D eigenvalue weighted by Crippen LogP contribution is -2.21. The van der Waals surface area contributed by atoms with Crippen LogP contribution in [0.4, 0.5) is 35.1 Å². The molecule has 100 valence electrons. The maximum Gasteiger partial charge on any atom is 0.272 e. The van der Waals surface area contributed by atoms with Gasteiger partial charge in [0.15, 0.2) is 12.3 Å². The van der Waals surface area contributed by atoms with Crippen LogP contribution < -0.4 is 0 Å². The highest BCUT2D eigenvalue weighted by Crippen LogP contribution is 2.11. The van der Waals surface area contributed by atoms with Crippen molar-refractivity contribution >= 4 is 0 Å². The molecule has 0 rings (SSSR count). The number of rotatable bonds is 5. The van der Waals surface area contributed by atoms with E-state index in [9.17, 15) is 35.1 Å². The molecule has 16 heavy (non-hydrogen) atoms. The predicted octanol–water partition coefficient (Wildman–Crippen LogP) is 3.90. The van der Waals surface area contributed by atoms with Crippen LogP contribution in [0.3, 0.4) is 0 Å². The molecule has 0 N–H and O–H groups in total. The number of halogens is 8. The fourth-order valence-electron chi connectivity index (χ4n) is 0.431. The van der Waals surface area contributed by atoms with Crippen molar-refractivity contribution < 1.29 is 35.1 Å². The smallest absolute Gasteiger partial charge is 0.251 e. The Hall–Kier alpha value is -0.560. The van der Waals surface area contributed by atoms with Crippen molar-refractivity contribution in [2.75, 3.05) is 6.67 Å². The minimum Gasteiger partial charge on any atom is -0.251 e. The summed E-state index contributed by atoms with van der Waals surface area (Å²) in [5, 5.41) is 0. The minimum absolute atomic E-state index is 0.697. The van der Waals surface area contributed by atoms with Gasteiger partial charge in [-0.05, 0) is 6.92 Å². The van der Waals surface area contributed by atoms with E-state index in [2.05, 4.69) is 0 Å². The van der Waals surface area contributed by atoms with Crippen molar-refractivity contribution in [2.24, 2.45) is 0 Å². The molecule has 0 fully saturated rings. The third-order valence-electron chi connectivity index (χ3n) is 1.34. The van der Waals surface area contributed by atoms with Crippen molar-refractivity contribution in [3.05, 3.63) is 0 Å². The monoisotopic (exact) mass is 260 g/mol. The maximum absolute atomic E-state index is 11.5. The van der Waals surface area contributed by atoms with E-state index < -0.39 is 44.5 Å². The second kappa shape index (κ2) is 9.65. The molecule has 8 heteroatoms. The van der Waals surface area contributed by atoms with Crippen LogP contribution in [-0.4, -0.2) is 38.0 Å². The highest BCUT2D eigenvalue weighted by Gasteiger charge is 2.25. The Labute approximate surface area is 87.6 Å². The summed E-state index contributed by atoms with van der Waals surface area (Å²) in [7, 11) is 0. The van der Waals surface area contributed by atoms with E-state index in [1.807, 2.05) is 0 Å². The zero-order valence-corrected chi connectivity index (χ0v) is 8.32. The van der Waals surface area contributed by atoms with Crippen LogP contribution in [0.1, 0.15) is 13.3 Å². The van der Waals surface area contributed by atoms with Gasteiger partial charge in [-0.15, -0.1) is 0 Å². The summed E-state index contributed by atoms with van der Waals surface area (Å²) in [6.45, 7) is -0.262. The van der Waals surface area contributed by atoms with Crippen molar-refractivity contribution in [3.8, 4) is 0 Å². The molecule has 0 saturated carbocycles. The first-order chi connectivity index (χ1) is 7.23. The van der Waals surface area contributed by atoms with Gasteiger partial charge in [-0.1, -0.05) is 0 Å². The zero-order valence-electron chi connectivity index (χ0n) is 8.32. The van der Waals surface area contributed by atoms with Crippen LogP contribution in [0.2, 0.25) is 0 Å². The normalized spacial score (nSPS) is 16.7. The standard InChI is InChI=1S/2C4H6F4/c1-2(5)3(6)4(7)8;5-2-1-3(6)4(7)8/h2-4H,1H3;3-4H,1-2H2. The molecule has 0 saturated heterocycles. The Balaban J connectivity index is 0. The molecule has 3 atom stereocenters. The van der Waals surface area contributed by atoms with Crippen molar-refractivity contribution in [1.29, 1.82) is 0 Å². The zero-order chi connectivity index (χ0) is 13.3. The van der Waals surface area contributed by atoms with E-state index in [0.29, 0.717) is 0 Å². The molecular formula is C8H12F8. The molecule has 0 aliphatic heterocycles. The minimum atomic E-state index is -3.20. The Morgan fingerprint density at radius 1 is 0.812 bits per heavy atom. The molecule has 0 radical (unpaired) electrons. The van der Waals surface area contributed by atoms with Gasteiger partial charge in [-0.2, -0.15) is 0 Å². The van der Waals surface area contributed by atoms with Crippen molar-refractivity contribution in [2.45, 2.75) is 44.7 Å². The van der Waals surface area contributed by atoms with Crippen LogP contribution in [0.5, 0.6) is 0 Å². The van der Waals surface area contributed by atoms with Gasteiger partial charge < -0.3 is 0 Å². The van der Waals surface area contributed by atoms with Gasteiger partial charge in [0, 0.05) is 6.42 Å². The number of hydrogen-bond donors (Lipinski definition) is 0. The summed E-state index contributed by atoms with van der Waals surface area (Å²) < 4.78 is 89.9. The molecular weight excluding hydrogens is 248 g/mol.